The maximum absolute atomic E-state index is 12.3. The lowest BCUT2D eigenvalue weighted by Crippen LogP contribution is -2.44. The van der Waals surface area contributed by atoms with Crippen LogP contribution in [0.4, 0.5) is 0 Å². The van der Waals surface area contributed by atoms with Crippen LogP contribution in [-0.2, 0) is 26.1 Å². The zero-order valence-corrected chi connectivity index (χ0v) is 13.5. The topological polar surface area (TPSA) is 68.7 Å². The maximum Gasteiger partial charge on any atom is 0.214 e. The van der Waals surface area contributed by atoms with Gasteiger partial charge in [0.05, 0.1) is 24.5 Å². The van der Waals surface area contributed by atoms with Crippen molar-refractivity contribution in [2.45, 2.75) is 44.6 Å². The fourth-order valence-corrected chi connectivity index (χ4v) is 4.53. The monoisotopic (exact) mass is 326 g/mol. The van der Waals surface area contributed by atoms with Crippen molar-refractivity contribution in [1.29, 1.82) is 0 Å². The molecule has 3 heterocycles. The summed E-state index contributed by atoms with van der Waals surface area (Å²) < 4.78 is 37.9. The van der Waals surface area contributed by atoms with Gasteiger partial charge in [-0.05, 0) is 31.4 Å². The molecule has 3 rings (SSSR count). The molecule has 6 nitrogen and oxygen atoms in total. The fraction of sp³-hybridized carbons (Fsp3) is 0.667. The molecule has 0 saturated carbocycles. The fourth-order valence-electron chi connectivity index (χ4n) is 3.19. The van der Waals surface area contributed by atoms with E-state index in [1.165, 1.54) is 0 Å². The largest absolute Gasteiger partial charge is 0.374 e. The Bertz CT molecular complexity index is 593. The van der Waals surface area contributed by atoms with Crippen LogP contribution in [0.15, 0.2) is 24.5 Å². The molecule has 122 valence electrons. The Labute approximate surface area is 131 Å². The highest BCUT2D eigenvalue weighted by Crippen LogP contribution is 2.33. The number of aromatic nitrogens is 1. The number of nitrogens with zero attached hydrogens (tertiary/aromatic N) is 2. The third kappa shape index (κ3) is 3.17. The number of sulfonamides is 1. The molecule has 0 aromatic carbocycles. The molecule has 0 spiro atoms. The lowest BCUT2D eigenvalue weighted by atomic mass is 10.0. The lowest BCUT2D eigenvalue weighted by molar-refractivity contribution is -0.0802. The molecule has 2 aliphatic rings. The van der Waals surface area contributed by atoms with E-state index in [1.807, 2.05) is 12.1 Å². The van der Waals surface area contributed by atoms with Crippen molar-refractivity contribution in [1.82, 2.24) is 9.29 Å². The van der Waals surface area contributed by atoms with E-state index >= 15 is 0 Å². The van der Waals surface area contributed by atoms with Crippen LogP contribution in [0, 0.1) is 0 Å². The smallest absolute Gasteiger partial charge is 0.214 e. The van der Waals surface area contributed by atoms with Crippen molar-refractivity contribution in [3.8, 4) is 0 Å². The molecular weight excluding hydrogens is 304 g/mol. The second-order valence-electron chi connectivity index (χ2n) is 5.73. The van der Waals surface area contributed by atoms with Crippen LogP contribution in [-0.4, -0.2) is 54.9 Å². The van der Waals surface area contributed by atoms with Crippen LogP contribution in [0.1, 0.15) is 25.3 Å². The van der Waals surface area contributed by atoms with Crippen molar-refractivity contribution in [3.05, 3.63) is 30.1 Å². The van der Waals surface area contributed by atoms with Crippen molar-refractivity contribution >= 4 is 10.0 Å². The van der Waals surface area contributed by atoms with Crippen LogP contribution in [0.5, 0.6) is 0 Å². The van der Waals surface area contributed by atoms with Gasteiger partial charge in [-0.25, -0.2) is 8.42 Å². The minimum atomic E-state index is -3.22. The molecule has 0 unspecified atom stereocenters. The molecule has 2 fully saturated rings. The highest BCUT2D eigenvalue weighted by molar-refractivity contribution is 7.89. The van der Waals surface area contributed by atoms with Gasteiger partial charge < -0.3 is 9.47 Å². The predicted molar refractivity (Wildman–Crippen MR) is 81.7 cm³/mol. The summed E-state index contributed by atoms with van der Waals surface area (Å²) in [7, 11) is -3.22. The number of pyridine rings is 1. The minimum Gasteiger partial charge on any atom is -0.374 e. The molecule has 22 heavy (non-hydrogen) atoms. The zero-order chi connectivity index (χ0) is 15.6. The second-order valence-corrected chi connectivity index (χ2v) is 7.94. The van der Waals surface area contributed by atoms with E-state index in [0.717, 1.165) is 18.4 Å². The highest BCUT2D eigenvalue weighted by Gasteiger charge is 2.48. The van der Waals surface area contributed by atoms with Gasteiger partial charge in [0.25, 0.3) is 0 Å². The number of ether oxygens (including phenoxy) is 2. The molecule has 1 aromatic rings. The van der Waals surface area contributed by atoms with Crippen LogP contribution in [0.25, 0.3) is 0 Å². The van der Waals surface area contributed by atoms with Crippen molar-refractivity contribution in [3.63, 3.8) is 0 Å². The second kappa shape index (κ2) is 6.62. The normalized spacial score (nSPS) is 29.4. The van der Waals surface area contributed by atoms with Gasteiger partial charge in [-0.2, -0.15) is 4.31 Å². The minimum absolute atomic E-state index is 0.0856. The molecule has 7 heteroatoms. The summed E-state index contributed by atoms with van der Waals surface area (Å²) in [5.41, 5.74) is 0.978. The average molecular weight is 326 g/mol. The first-order chi connectivity index (χ1) is 10.6. The van der Waals surface area contributed by atoms with Gasteiger partial charge in [-0.1, -0.05) is 6.07 Å². The Morgan fingerprint density at radius 1 is 1.50 bits per heavy atom. The maximum atomic E-state index is 12.3. The molecule has 3 atom stereocenters. The molecular formula is C15H22N2O4S. The Morgan fingerprint density at radius 2 is 2.36 bits per heavy atom. The van der Waals surface area contributed by atoms with Gasteiger partial charge in [0.15, 0.2) is 0 Å². The summed E-state index contributed by atoms with van der Waals surface area (Å²) >= 11 is 0. The number of hydrogen-bond acceptors (Lipinski definition) is 5. The van der Waals surface area contributed by atoms with Gasteiger partial charge in [0.2, 0.25) is 10.0 Å². The quantitative estimate of drug-likeness (QED) is 0.813. The summed E-state index contributed by atoms with van der Waals surface area (Å²) in [6.07, 6.45) is 4.84. The molecule has 2 saturated heterocycles. The van der Waals surface area contributed by atoms with E-state index in [1.54, 1.807) is 23.6 Å². The van der Waals surface area contributed by atoms with E-state index in [-0.39, 0.29) is 24.0 Å². The summed E-state index contributed by atoms with van der Waals surface area (Å²) in [6.45, 7) is 3.16. The van der Waals surface area contributed by atoms with Gasteiger partial charge in [-0.15, -0.1) is 0 Å². The molecule has 1 aromatic heterocycles. The van der Waals surface area contributed by atoms with E-state index in [2.05, 4.69) is 4.98 Å². The number of fused-ring (bicyclic) bond motifs is 1. The Hall–Kier alpha value is -1.02. The SMILES string of the molecule is CCS(=O)(=O)N1C[C@@H](OCc2cccnc2)[C@H]2OCCC[C@H]21. The Kier molecular flexibility index (Phi) is 4.77. The average Bonchev–Trinajstić information content (AvgIpc) is 2.94. The van der Waals surface area contributed by atoms with E-state index in [0.29, 0.717) is 19.8 Å². The van der Waals surface area contributed by atoms with Gasteiger partial charge >= 0.3 is 0 Å². The standard InChI is InChI=1S/C15H22N2O4S/c1-2-22(18,19)17-10-14(15-13(17)6-4-8-20-15)21-11-12-5-3-7-16-9-12/h3,5,7,9,13-15H,2,4,6,8,10-11H2,1H3/t13-,14-,15+/m1/s1. The number of rotatable bonds is 5. The molecule has 0 bridgehead atoms. The first-order valence-corrected chi connectivity index (χ1v) is 9.34. The van der Waals surface area contributed by atoms with Crippen molar-refractivity contribution < 1.29 is 17.9 Å². The van der Waals surface area contributed by atoms with Crippen LogP contribution < -0.4 is 0 Å². The molecule has 0 radical (unpaired) electrons. The van der Waals surface area contributed by atoms with E-state index in [9.17, 15) is 8.42 Å². The molecule has 0 N–H and O–H groups in total. The Balaban J connectivity index is 1.71. The lowest BCUT2D eigenvalue weighted by Gasteiger charge is -2.31. The van der Waals surface area contributed by atoms with Gasteiger partial charge in [-0.3, -0.25) is 4.98 Å². The molecule has 0 aliphatic carbocycles. The summed E-state index contributed by atoms with van der Waals surface area (Å²) in [6, 6.07) is 3.72. The third-order valence-corrected chi connectivity index (χ3v) is 6.20. The van der Waals surface area contributed by atoms with Crippen molar-refractivity contribution in [2.24, 2.45) is 0 Å². The number of hydrogen-bond donors (Lipinski definition) is 0. The van der Waals surface area contributed by atoms with Gasteiger partial charge in [0, 0.05) is 25.5 Å². The van der Waals surface area contributed by atoms with Gasteiger partial charge in [0.1, 0.15) is 6.10 Å². The third-order valence-electron chi connectivity index (χ3n) is 4.34. The predicted octanol–water partition coefficient (Wildman–Crippen LogP) is 1.18. The summed E-state index contributed by atoms with van der Waals surface area (Å²) in [5, 5.41) is 0. The van der Waals surface area contributed by atoms with Crippen LogP contribution in [0.2, 0.25) is 0 Å². The summed E-state index contributed by atoms with van der Waals surface area (Å²) in [4.78, 5) is 4.06. The highest BCUT2D eigenvalue weighted by atomic mass is 32.2. The first-order valence-electron chi connectivity index (χ1n) is 7.73. The Morgan fingerprint density at radius 3 is 3.09 bits per heavy atom. The zero-order valence-electron chi connectivity index (χ0n) is 12.7. The first kappa shape index (κ1) is 15.9. The van der Waals surface area contributed by atoms with E-state index < -0.39 is 10.0 Å². The van der Waals surface area contributed by atoms with E-state index in [4.69, 9.17) is 9.47 Å². The van der Waals surface area contributed by atoms with Crippen LogP contribution >= 0.6 is 0 Å². The van der Waals surface area contributed by atoms with Crippen molar-refractivity contribution in [2.75, 3.05) is 18.9 Å². The summed E-state index contributed by atoms with van der Waals surface area (Å²) in [5.74, 6) is 0.117. The van der Waals surface area contributed by atoms with Crippen LogP contribution in [0.3, 0.4) is 0 Å². The molecule has 2 aliphatic heterocycles. The molecule has 0 amide bonds.